The molecule has 0 fully saturated rings. The predicted molar refractivity (Wildman–Crippen MR) is 101 cm³/mol. The third-order valence-electron chi connectivity index (χ3n) is 3.30. The van der Waals surface area contributed by atoms with E-state index in [0.717, 1.165) is 0 Å². The van der Waals surface area contributed by atoms with Crippen molar-refractivity contribution < 1.29 is 28.7 Å². The van der Waals surface area contributed by atoms with Crippen LogP contribution in [-0.2, 0) is 19.0 Å². The summed E-state index contributed by atoms with van der Waals surface area (Å²) in [6.07, 6.45) is 1.68. The van der Waals surface area contributed by atoms with Crippen LogP contribution in [0.4, 0.5) is 5.69 Å². The van der Waals surface area contributed by atoms with Gasteiger partial charge in [0.05, 0.1) is 23.7 Å². The number of hydrogen-bond acceptors (Lipinski definition) is 7. The van der Waals surface area contributed by atoms with Crippen LogP contribution in [0.5, 0.6) is 5.75 Å². The second-order valence-corrected chi connectivity index (χ2v) is 5.70. The molecule has 0 saturated heterocycles. The lowest BCUT2D eigenvalue weighted by Crippen LogP contribution is -2.14. The van der Waals surface area contributed by atoms with Gasteiger partial charge in [-0.25, -0.2) is 4.79 Å². The normalized spacial score (nSPS) is 11.4. The van der Waals surface area contributed by atoms with Crippen molar-refractivity contribution in [3.05, 3.63) is 39.4 Å². The first-order chi connectivity index (χ1) is 12.8. The van der Waals surface area contributed by atoms with E-state index in [2.05, 4.69) is 0 Å². The van der Waals surface area contributed by atoms with E-state index in [9.17, 15) is 14.9 Å². The fourth-order valence-electron chi connectivity index (χ4n) is 2.34. The maximum atomic E-state index is 11.7. The van der Waals surface area contributed by atoms with Gasteiger partial charge in [-0.15, -0.1) is 0 Å². The molecule has 0 radical (unpaired) electrons. The highest BCUT2D eigenvalue weighted by Crippen LogP contribution is 2.36. The van der Waals surface area contributed by atoms with Crippen LogP contribution in [0, 0.1) is 10.1 Å². The summed E-state index contributed by atoms with van der Waals surface area (Å²) in [5, 5.41) is 11.4. The molecule has 0 aromatic heterocycles. The Morgan fingerprint density at radius 1 is 1.15 bits per heavy atom. The highest BCUT2D eigenvalue weighted by atomic mass is 16.7. The Balaban J connectivity index is 3.58. The van der Waals surface area contributed by atoms with Gasteiger partial charge in [0.2, 0.25) is 0 Å². The smallest absolute Gasteiger partial charge is 0.330 e. The van der Waals surface area contributed by atoms with Gasteiger partial charge in [0.15, 0.2) is 6.29 Å². The summed E-state index contributed by atoms with van der Waals surface area (Å²) in [6, 6.07) is 2.69. The van der Waals surface area contributed by atoms with E-state index in [0.29, 0.717) is 24.3 Å². The monoisotopic (exact) mass is 381 g/mol. The van der Waals surface area contributed by atoms with Gasteiger partial charge in [-0.2, -0.15) is 0 Å². The molecular weight excluding hydrogens is 354 g/mol. The SMILES string of the molecule is CCOC(=O)/C=C/c1c(OC(C)C)cc([N+](=O)[O-])cc1C(OCC)OCC. The molecule has 0 atom stereocenters. The maximum Gasteiger partial charge on any atom is 0.330 e. The van der Waals surface area contributed by atoms with Gasteiger partial charge in [-0.3, -0.25) is 10.1 Å². The molecule has 1 aromatic rings. The van der Waals surface area contributed by atoms with E-state index in [1.165, 1.54) is 24.3 Å². The highest BCUT2D eigenvalue weighted by Gasteiger charge is 2.24. The number of carbonyl (C=O) groups excluding carboxylic acids is 1. The van der Waals surface area contributed by atoms with Crippen LogP contribution >= 0.6 is 0 Å². The van der Waals surface area contributed by atoms with Crippen molar-refractivity contribution in [1.82, 2.24) is 0 Å². The summed E-state index contributed by atoms with van der Waals surface area (Å²) in [5.74, 6) is -0.263. The molecule has 150 valence electrons. The number of rotatable bonds is 11. The first-order valence-electron chi connectivity index (χ1n) is 8.90. The number of nitrogens with zero attached hydrogens (tertiary/aromatic N) is 1. The lowest BCUT2D eigenvalue weighted by Gasteiger charge is -2.22. The number of nitro benzene ring substituents is 1. The molecule has 0 unspecified atom stereocenters. The molecule has 0 bridgehead atoms. The molecular formula is C19H27NO7. The van der Waals surface area contributed by atoms with Gasteiger partial charge in [0, 0.05) is 36.5 Å². The van der Waals surface area contributed by atoms with Crippen LogP contribution in [0.25, 0.3) is 6.08 Å². The first-order valence-corrected chi connectivity index (χ1v) is 8.90. The van der Waals surface area contributed by atoms with E-state index in [1.807, 2.05) is 0 Å². The molecule has 8 nitrogen and oxygen atoms in total. The number of carbonyl (C=O) groups is 1. The lowest BCUT2D eigenvalue weighted by molar-refractivity contribution is -0.385. The summed E-state index contributed by atoms with van der Waals surface area (Å²) in [4.78, 5) is 22.6. The lowest BCUT2D eigenvalue weighted by atomic mass is 10.0. The molecule has 0 aliphatic carbocycles. The van der Waals surface area contributed by atoms with Crippen LogP contribution in [0.1, 0.15) is 52.0 Å². The molecule has 0 aliphatic heterocycles. The van der Waals surface area contributed by atoms with E-state index >= 15 is 0 Å². The molecule has 0 N–H and O–H groups in total. The minimum Gasteiger partial charge on any atom is -0.490 e. The molecule has 0 spiro atoms. The van der Waals surface area contributed by atoms with Crippen molar-refractivity contribution in [2.45, 2.75) is 47.0 Å². The van der Waals surface area contributed by atoms with Crippen LogP contribution < -0.4 is 4.74 Å². The van der Waals surface area contributed by atoms with Crippen LogP contribution in [0.15, 0.2) is 18.2 Å². The summed E-state index contributed by atoms with van der Waals surface area (Å²) in [5.41, 5.74) is 0.719. The molecule has 0 aliphatic rings. The number of esters is 1. The van der Waals surface area contributed by atoms with Gasteiger partial charge < -0.3 is 18.9 Å². The number of non-ortho nitro benzene ring substituents is 1. The van der Waals surface area contributed by atoms with Crippen molar-refractivity contribution in [3.63, 3.8) is 0 Å². The topological polar surface area (TPSA) is 97.1 Å². The third kappa shape index (κ3) is 6.99. The maximum absolute atomic E-state index is 11.7. The molecule has 27 heavy (non-hydrogen) atoms. The van der Waals surface area contributed by atoms with Crippen LogP contribution in [-0.4, -0.2) is 36.8 Å². The Morgan fingerprint density at radius 3 is 2.26 bits per heavy atom. The van der Waals surface area contributed by atoms with E-state index in [-0.39, 0.29) is 24.1 Å². The van der Waals surface area contributed by atoms with Crippen molar-refractivity contribution in [1.29, 1.82) is 0 Å². The minimum absolute atomic E-state index is 0.154. The Labute approximate surface area is 159 Å². The van der Waals surface area contributed by atoms with Gasteiger partial charge in [0.25, 0.3) is 5.69 Å². The molecule has 1 rings (SSSR count). The second kappa shape index (κ2) is 11.3. The van der Waals surface area contributed by atoms with E-state index in [1.54, 1.807) is 34.6 Å². The number of ether oxygens (including phenoxy) is 4. The molecule has 0 amide bonds. The Hall–Kier alpha value is -2.45. The fraction of sp³-hybridized carbons (Fsp3) is 0.526. The average Bonchev–Trinajstić information content (AvgIpc) is 2.59. The molecule has 0 heterocycles. The quantitative estimate of drug-likeness (QED) is 0.188. The fourth-order valence-corrected chi connectivity index (χ4v) is 2.34. The largest absolute Gasteiger partial charge is 0.490 e. The Morgan fingerprint density at radius 2 is 1.78 bits per heavy atom. The van der Waals surface area contributed by atoms with Crippen molar-refractivity contribution in [2.75, 3.05) is 19.8 Å². The van der Waals surface area contributed by atoms with Crippen molar-refractivity contribution in [2.24, 2.45) is 0 Å². The van der Waals surface area contributed by atoms with E-state index in [4.69, 9.17) is 18.9 Å². The summed E-state index contributed by atoms with van der Waals surface area (Å²) in [7, 11) is 0. The van der Waals surface area contributed by atoms with Gasteiger partial charge in [0.1, 0.15) is 5.75 Å². The van der Waals surface area contributed by atoms with E-state index < -0.39 is 17.2 Å². The zero-order valence-electron chi connectivity index (χ0n) is 16.4. The molecule has 8 heteroatoms. The zero-order valence-corrected chi connectivity index (χ0v) is 16.4. The van der Waals surface area contributed by atoms with Gasteiger partial charge >= 0.3 is 5.97 Å². The number of nitro groups is 1. The van der Waals surface area contributed by atoms with Gasteiger partial charge in [-0.05, 0) is 40.7 Å². The Bertz CT molecular complexity index is 664. The Kier molecular flexibility index (Phi) is 9.46. The summed E-state index contributed by atoms with van der Waals surface area (Å²) < 4.78 is 21.9. The highest BCUT2D eigenvalue weighted by molar-refractivity contribution is 5.88. The zero-order chi connectivity index (χ0) is 20.4. The number of benzene rings is 1. The van der Waals surface area contributed by atoms with Crippen LogP contribution in [0.3, 0.4) is 0 Å². The minimum atomic E-state index is -0.837. The number of hydrogen-bond donors (Lipinski definition) is 0. The van der Waals surface area contributed by atoms with Crippen LogP contribution in [0.2, 0.25) is 0 Å². The van der Waals surface area contributed by atoms with Gasteiger partial charge in [-0.1, -0.05) is 0 Å². The summed E-state index contributed by atoms with van der Waals surface area (Å²) in [6.45, 7) is 9.83. The second-order valence-electron chi connectivity index (χ2n) is 5.70. The summed E-state index contributed by atoms with van der Waals surface area (Å²) >= 11 is 0. The molecule has 0 saturated carbocycles. The standard InChI is InChI=1S/C19H27NO7/c1-6-24-18(21)10-9-15-16(19(25-7-2)26-8-3)11-14(20(22)23)12-17(15)27-13(4)5/h9-13,19H,6-8H2,1-5H3/b10-9+. The predicted octanol–water partition coefficient (Wildman–Crippen LogP) is 4.03. The third-order valence-corrected chi connectivity index (χ3v) is 3.30. The van der Waals surface area contributed by atoms with Crippen molar-refractivity contribution in [3.8, 4) is 5.75 Å². The molecule has 1 aromatic carbocycles. The van der Waals surface area contributed by atoms with Crippen molar-refractivity contribution >= 4 is 17.7 Å². The average molecular weight is 381 g/mol. The first kappa shape index (κ1) is 22.6.